The molecule has 0 aliphatic carbocycles. The average Bonchev–Trinajstić information content (AvgIpc) is 2.18. The number of ether oxygens (including phenoxy) is 1. The van der Waals surface area contributed by atoms with E-state index in [1.807, 2.05) is 30.3 Å². The highest BCUT2D eigenvalue weighted by molar-refractivity contribution is 5.72. The monoisotopic (exact) mass is 195 g/mol. The lowest BCUT2D eigenvalue weighted by molar-refractivity contribution is -0.119. The molecule has 0 spiro atoms. The summed E-state index contributed by atoms with van der Waals surface area (Å²) in [5, 5.41) is 2.72. The van der Waals surface area contributed by atoms with Crippen LogP contribution < -0.4 is 5.32 Å². The fourth-order valence-electron chi connectivity index (χ4n) is 0.822. The third-order valence-electron chi connectivity index (χ3n) is 1.38. The van der Waals surface area contributed by atoms with E-state index in [4.69, 9.17) is 0 Å². The number of carbonyl (C=O) groups excluding carboxylic acids is 1. The summed E-state index contributed by atoms with van der Waals surface area (Å²) in [5.74, 6) is 0.00820. The summed E-state index contributed by atoms with van der Waals surface area (Å²) in [6, 6.07) is 9.83. The van der Waals surface area contributed by atoms with Gasteiger partial charge in [0.2, 0.25) is 5.91 Å². The second-order valence-corrected chi connectivity index (χ2v) is 2.80. The molecule has 0 aliphatic heterocycles. The summed E-state index contributed by atoms with van der Waals surface area (Å²) >= 11 is 0. The molecule has 0 aromatic heterocycles. The lowest BCUT2D eigenvalue weighted by Gasteiger charge is -2.00. The van der Waals surface area contributed by atoms with E-state index in [2.05, 4.69) is 10.1 Å². The molecule has 1 aromatic rings. The van der Waals surface area contributed by atoms with Gasteiger partial charge in [0.15, 0.2) is 0 Å². The molecular weight excluding hydrogens is 178 g/mol. The van der Waals surface area contributed by atoms with Crippen molar-refractivity contribution in [2.24, 2.45) is 0 Å². The first-order valence-electron chi connectivity index (χ1n) is 4.39. The van der Waals surface area contributed by atoms with Crippen LogP contribution in [-0.2, 0) is 16.1 Å². The molecule has 1 N–H and O–H groups in total. The highest BCUT2D eigenvalue weighted by atomic mass is 16.4. The zero-order chi connectivity index (χ0) is 10.8. The van der Waals surface area contributed by atoms with Gasteiger partial charge in [-0.05, 0) is 5.56 Å². The van der Waals surface area contributed by atoms with Crippen molar-refractivity contribution in [1.29, 1.82) is 0 Å². The van der Waals surface area contributed by atoms with E-state index in [1.54, 1.807) is 14.2 Å². The van der Waals surface area contributed by atoms with Gasteiger partial charge in [0.05, 0.1) is 0 Å². The van der Waals surface area contributed by atoms with Gasteiger partial charge in [-0.15, -0.1) is 0 Å². The average molecular weight is 195 g/mol. The van der Waals surface area contributed by atoms with E-state index in [0.717, 1.165) is 5.56 Å². The third-order valence-corrected chi connectivity index (χ3v) is 1.38. The summed E-state index contributed by atoms with van der Waals surface area (Å²) in [6.07, 6.45) is 0. The molecule has 14 heavy (non-hydrogen) atoms. The number of amides is 1. The molecular formula is C11H17NO2. The summed E-state index contributed by atoms with van der Waals surface area (Å²) in [7, 11) is 3.25. The summed E-state index contributed by atoms with van der Waals surface area (Å²) < 4.78 is 4.25. The zero-order valence-corrected chi connectivity index (χ0v) is 8.91. The minimum Gasteiger partial charge on any atom is -0.388 e. The lowest BCUT2D eigenvalue weighted by Crippen LogP contribution is -2.18. The van der Waals surface area contributed by atoms with Crippen LogP contribution >= 0.6 is 0 Å². The fourth-order valence-corrected chi connectivity index (χ4v) is 0.822. The minimum absolute atomic E-state index is 0.00820. The van der Waals surface area contributed by atoms with E-state index in [1.165, 1.54) is 6.92 Å². The van der Waals surface area contributed by atoms with Crippen molar-refractivity contribution < 1.29 is 9.53 Å². The minimum atomic E-state index is 0.00820. The van der Waals surface area contributed by atoms with Gasteiger partial charge >= 0.3 is 0 Å². The Bertz CT molecular complexity index is 247. The Kier molecular flexibility index (Phi) is 7.46. The maximum atomic E-state index is 10.5. The zero-order valence-electron chi connectivity index (χ0n) is 8.91. The van der Waals surface area contributed by atoms with Crippen LogP contribution in [0.2, 0.25) is 0 Å². The Morgan fingerprint density at radius 3 is 2.21 bits per heavy atom. The van der Waals surface area contributed by atoms with Gasteiger partial charge in [0, 0.05) is 27.7 Å². The molecule has 0 saturated heterocycles. The molecule has 0 aliphatic rings. The number of carbonyl (C=O) groups is 1. The SMILES string of the molecule is CC(=O)NCc1ccccc1.COC. The van der Waals surface area contributed by atoms with Crippen molar-refractivity contribution in [1.82, 2.24) is 5.32 Å². The molecule has 3 nitrogen and oxygen atoms in total. The van der Waals surface area contributed by atoms with Crippen LogP contribution in [0.4, 0.5) is 0 Å². The van der Waals surface area contributed by atoms with Crippen molar-refractivity contribution in [2.75, 3.05) is 14.2 Å². The normalized spacial score (nSPS) is 8.50. The number of rotatable bonds is 2. The van der Waals surface area contributed by atoms with Gasteiger partial charge < -0.3 is 10.1 Å². The fraction of sp³-hybridized carbons (Fsp3) is 0.364. The van der Waals surface area contributed by atoms with Crippen molar-refractivity contribution in [3.63, 3.8) is 0 Å². The predicted octanol–water partition coefficient (Wildman–Crippen LogP) is 1.59. The molecule has 0 unspecified atom stereocenters. The predicted molar refractivity (Wildman–Crippen MR) is 56.9 cm³/mol. The number of hydrogen-bond acceptors (Lipinski definition) is 2. The van der Waals surface area contributed by atoms with Crippen LogP contribution in [0.3, 0.4) is 0 Å². The third kappa shape index (κ3) is 7.31. The van der Waals surface area contributed by atoms with Gasteiger partial charge in [0.25, 0.3) is 0 Å². The molecule has 0 heterocycles. The van der Waals surface area contributed by atoms with Crippen LogP contribution in [0.25, 0.3) is 0 Å². The summed E-state index contributed by atoms with van der Waals surface area (Å²) in [6.45, 7) is 2.14. The molecule has 0 radical (unpaired) electrons. The number of hydrogen-bond donors (Lipinski definition) is 1. The standard InChI is InChI=1S/C9H11NO.C2H6O/c1-8(11)10-7-9-5-3-2-4-6-9;1-3-2/h2-6H,7H2,1H3,(H,10,11);1-2H3. The first-order chi connectivity index (χ1) is 6.70. The Labute approximate surface area is 85.1 Å². The second kappa shape index (κ2) is 8.26. The van der Waals surface area contributed by atoms with Gasteiger partial charge in [-0.3, -0.25) is 4.79 Å². The second-order valence-electron chi connectivity index (χ2n) is 2.80. The van der Waals surface area contributed by atoms with E-state index in [-0.39, 0.29) is 5.91 Å². The van der Waals surface area contributed by atoms with Crippen LogP contribution in [0.15, 0.2) is 30.3 Å². The largest absolute Gasteiger partial charge is 0.388 e. The Morgan fingerprint density at radius 2 is 1.79 bits per heavy atom. The van der Waals surface area contributed by atoms with Crippen molar-refractivity contribution in [3.8, 4) is 0 Å². The lowest BCUT2D eigenvalue weighted by atomic mass is 10.2. The van der Waals surface area contributed by atoms with Gasteiger partial charge in [-0.2, -0.15) is 0 Å². The molecule has 0 fully saturated rings. The van der Waals surface area contributed by atoms with Crippen molar-refractivity contribution in [2.45, 2.75) is 13.5 Å². The van der Waals surface area contributed by atoms with Gasteiger partial charge in [-0.25, -0.2) is 0 Å². The smallest absolute Gasteiger partial charge is 0.217 e. The van der Waals surface area contributed by atoms with Crippen LogP contribution in [0.5, 0.6) is 0 Å². The Hall–Kier alpha value is -1.35. The van der Waals surface area contributed by atoms with E-state index < -0.39 is 0 Å². The maximum absolute atomic E-state index is 10.5. The van der Waals surface area contributed by atoms with Crippen LogP contribution in [0, 0.1) is 0 Å². The first kappa shape index (κ1) is 12.7. The molecule has 1 amide bonds. The van der Waals surface area contributed by atoms with Gasteiger partial charge in [0.1, 0.15) is 0 Å². The topological polar surface area (TPSA) is 38.3 Å². The molecule has 0 bridgehead atoms. The molecule has 3 heteroatoms. The first-order valence-corrected chi connectivity index (χ1v) is 4.39. The molecule has 1 aromatic carbocycles. The van der Waals surface area contributed by atoms with Crippen molar-refractivity contribution in [3.05, 3.63) is 35.9 Å². The van der Waals surface area contributed by atoms with E-state index in [0.29, 0.717) is 6.54 Å². The summed E-state index contributed by atoms with van der Waals surface area (Å²) in [4.78, 5) is 10.5. The van der Waals surface area contributed by atoms with Gasteiger partial charge in [-0.1, -0.05) is 30.3 Å². The molecule has 0 saturated carbocycles. The quantitative estimate of drug-likeness (QED) is 0.778. The Morgan fingerprint density at radius 1 is 1.29 bits per heavy atom. The molecule has 78 valence electrons. The van der Waals surface area contributed by atoms with E-state index in [9.17, 15) is 4.79 Å². The molecule has 0 atom stereocenters. The summed E-state index contributed by atoms with van der Waals surface area (Å²) in [5.41, 5.74) is 1.13. The number of nitrogens with one attached hydrogen (secondary N) is 1. The maximum Gasteiger partial charge on any atom is 0.217 e. The van der Waals surface area contributed by atoms with Crippen molar-refractivity contribution >= 4 is 5.91 Å². The number of benzene rings is 1. The highest BCUT2D eigenvalue weighted by Gasteiger charge is 1.91. The number of methoxy groups -OCH3 is 1. The highest BCUT2D eigenvalue weighted by Crippen LogP contribution is 1.96. The Balaban J connectivity index is 0.000000500. The van der Waals surface area contributed by atoms with Crippen LogP contribution in [0.1, 0.15) is 12.5 Å². The van der Waals surface area contributed by atoms with Crippen LogP contribution in [-0.4, -0.2) is 20.1 Å². The molecule has 1 rings (SSSR count). The van der Waals surface area contributed by atoms with E-state index >= 15 is 0 Å².